The van der Waals surface area contributed by atoms with Crippen LogP contribution >= 0.6 is 23.4 Å². The lowest BCUT2D eigenvalue weighted by Gasteiger charge is -2.40. The van der Waals surface area contributed by atoms with Crippen molar-refractivity contribution in [3.63, 3.8) is 0 Å². The van der Waals surface area contributed by atoms with Gasteiger partial charge in [-0.3, -0.25) is 14.7 Å². The number of hydrogen-bond acceptors (Lipinski definition) is 6. The summed E-state index contributed by atoms with van der Waals surface area (Å²) < 4.78 is 5.50. The standard InChI is InChI=1S/C29H37ClN4O3S/c1-29(2,3)37-28(36)34-11-8-20(9-12-34)17-25(35)32-13-15-33(16-14-32)27-23-7-6-22(30)18-24(23)38-19-21-5-4-10-31-26(21)27/h4-7,10,18,20,27H,8-9,11-17,19H2,1-3H3. The molecule has 0 spiro atoms. The molecule has 9 heteroatoms. The fraction of sp³-hybridized carbons (Fsp3) is 0.552. The Kier molecular flexibility index (Phi) is 8.22. The average molecular weight is 557 g/mol. The molecule has 0 N–H and O–H groups in total. The monoisotopic (exact) mass is 556 g/mol. The van der Waals surface area contributed by atoms with Crippen LogP contribution in [-0.2, 0) is 15.3 Å². The minimum atomic E-state index is -0.491. The van der Waals surface area contributed by atoms with Gasteiger partial charge in [0.2, 0.25) is 5.91 Å². The van der Waals surface area contributed by atoms with Crippen LogP contribution in [0.2, 0.25) is 5.02 Å². The zero-order chi connectivity index (χ0) is 26.9. The fourth-order valence-corrected chi connectivity index (χ4v) is 6.95. The number of benzene rings is 1. The molecule has 0 aliphatic carbocycles. The number of likely N-dealkylation sites (tertiary alicyclic amines) is 1. The lowest BCUT2D eigenvalue weighted by molar-refractivity contribution is -0.134. The van der Waals surface area contributed by atoms with Gasteiger partial charge >= 0.3 is 6.09 Å². The molecule has 3 aliphatic heterocycles. The molecule has 5 rings (SSSR count). The van der Waals surface area contributed by atoms with Crippen LogP contribution in [0.3, 0.4) is 0 Å². The number of nitrogens with zero attached hydrogens (tertiary/aromatic N) is 4. The van der Waals surface area contributed by atoms with Crippen LogP contribution in [0, 0.1) is 5.92 Å². The Labute approximate surface area is 234 Å². The van der Waals surface area contributed by atoms with Crippen molar-refractivity contribution >= 4 is 35.4 Å². The number of ether oxygens (including phenoxy) is 1. The SMILES string of the molecule is CC(C)(C)OC(=O)N1CCC(CC(=O)N2CCN(C3c4ccc(Cl)cc4SCc4cccnc43)CC2)CC1. The van der Waals surface area contributed by atoms with Gasteiger partial charge in [0.25, 0.3) is 0 Å². The summed E-state index contributed by atoms with van der Waals surface area (Å²) in [4.78, 5) is 37.8. The first-order valence-corrected chi connectivity index (χ1v) is 14.9. The summed E-state index contributed by atoms with van der Waals surface area (Å²) in [6.45, 7) is 9.98. The predicted molar refractivity (Wildman–Crippen MR) is 150 cm³/mol. The molecular weight excluding hydrogens is 520 g/mol. The van der Waals surface area contributed by atoms with E-state index in [0.717, 1.165) is 42.4 Å². The number of piperidine rings is 1. The topological polar surface area (TPSA) is 66.0 Å². The van der Waals surface area contributed by atoms with Crippen molar-refractivity contribution in [1.29, 1.82) is 0 Å². The Morgan fingerprint density at radius 3 is 2.50 bits per heavy atom. The molecule has 2 amide bonds. The molecule has 1 atom stereocenters. The van der Waals surface area contributed by atoms with Crippen molar-refractivity contribution in [2.75, 3.05) is 39.3 Å². The summed E-state index contributed by atoms with van der Waals surface area (Å²) in [5, 5.41) is 0.751. The van der Waals surface area contributed by atoms with Crippen LogP contribution in [0.15, 0.2) is 41.4 Å². The number of rotatable bonds is 3. The van der Waals surface area contributed by atoms with E-state index >= 15 is 0 Å². The van der Waals surface area contributed by atoms with Gasteiger partial charge in [0, 0.05) is 67.6 Å². The summed E-state index contributed by atoms with van der Waals surface area (Å²) in [6, 6.07) is 10.4. The number of pyridine rings is 1. The molecule has 38 heavy (non-hydrogen) atoms. The molecule has 4 heterocycles. The molecule has 1 aromatic heterocycles. The first kappa shape index (κ1) is 27.3. The van der Waals surface area contributed by atoms with E-state index in [1.54, 1.807) is 4.90 Å². The normalized spacial score (nSPS) is 20.9. The Morgan fingerprint density at radius 1 is 1.05 bits per heavy atom. The Hall–Kier alpha value is -2.29. The van der Waals surface area contributed by atoms with E-state index in [1.807, 2.05) is 55.8 Å². The molecule has 2 aromatic rings. The maximum absolute atomic E-state index is 13.2. The molecule has 0 radical (unpaired) electrons. The van der Waals surface area contributed by atoms with Gasteiger partial charge in [0.1, 0.15) is 5.60 Å². The maximum Gasteiger partial charge on any atom is 0.410 e. The van der Waals surface area contributed by atoms with Gasteiger partial charge in [-0.25, -0.2) is 4.79 Å². The Balaban J connectivity index is 1.18. The number of fused-ring (bicyclic) bond motifs is 2. The van der Waals surface area contributed by atoms with Gasteiger partial charge in [-0.1, -0.05) is 23.7 Å². The highest BCUT2D eigenvalue weighted by molar-refractivity contribution is 7.98. The van der Waals surface area contributed by atoms with Gasteiger partial charge < -0.3 is 14.5 Å². The molecule has 2 fully saturated rings. The first-order valence-electron chi connectivity index (χ1n) is 13.5. The predicted octanol–water partition coefficient (Wildman–Crippen LogP) is 5.61. The second-order valence-electron chi connectivity index (χ2n) is 11.5. The third-order valence-corrected chi connectivity index (χ3v) is 8.96. The van der Waals surface area contributed by atoms with Crippen molar-refractivity contribution in [2.45, 2.75) is 62.3 Å². The lowest BCUT2D eigenvalue weighted by Crippen LogP contribution is -2.50. The van der Waals surface area contributed by atoms with E-state index in [9.17, 15) is 9.59 Å². The Bertz CT molecular complexity index is 1170. The third-order valence-electron chi connectivity index (χ3n) is 7.60. The molecule has 0 saturated carbocycles. The largest absolute Gasteiger partial charge is 0.444 e. The van der Waals surface area contributed by atoms with Crippen LogP contribution in [0.4, 0.5) is 4.79 Å². The second kappa shape index (κ2) is 11.4. The van der Waals surface area contributed by atoms with Crippen LogP contribution in [-0.4, -0.2) is 76.6 Å². The lowest BCUT2D eigenvalue weighted by atomic mass is 9.93. The van der Waals surface area contributed by atoms with E-state index in [4.69, 9.17) is 21.3 Å². The van der Waals surface area contributed by atoms with E-state index in [0.29, 0.717) is 38.5 Å². The molecule has 2 saturated heterocycles. The highest BCUT2D eigenvalue weighted by Crippen LogP contribution is 2.42. The first-order chi connectivity index (χ1) is 18.2. The second-order valence-corrected chi connectivity index (χ2v) is 12.9. The summed E-state index contributed by atoms with van der Waals surface area (Å²) in [5.74, 6) is 1.41. The van der Waals surface area contributed by atoms with Crippen molar-refractivity contribution in [3.8, 4) is 0 Å². The van der Waals surface area contributed by atoms with Gasteiger partial charge in [-0.05, 0) is 68.9 Å². The number of halogens is 1. The number of carbonyl (C=O) groups is 2. The molecule has 0 bridgehead atoms. The highest BCUT2D eigenvalue weighted by Gasteiger charge is 2.34. The van der Waals surface area contributed by atoms with Crippen LogP contribution < -0.4 is 0 Å². The van der Waals surface area contributed by atoms with E-state index in [-0.39, 0.29) is 18.0 Å². The molecule has 1 aromatic carbocycles. The quantitative estimate of drug-likeness (QED) is 0.489. The summed E-state index contributed by atoms with van der Waals surface area (Å²) >= 11 is 8.16. The van der Waals surface area contributed by atoms with E-state index < -0.39 is 5.60 Å². The van der Waals surface area contributed by atoms with Crippen molar-refractivity contribution < 1.29 is 14.3 Å². The van der Waals surface area contributed by atoms with Gasteiger partial charge in [0.15, 0.2) is 0 Å². The van der Waals surface area contributed by atoms with Gasteiger partial charge in [-0.2, -0.15) is 0 Å². The summed E-state index contributed by atoms with van der Waals surface area (Å²) in [6.07, 6.45) is 3.85. The van der Waals surface area contributed by atoms with E-state index in [1.165, 1.54) is 16.0 Å². The molecular formula is C29H37ClN4O3S. The summed E-state index contributed by atoms with van der Waals surface area (Å²) in [7, 11) is 0. The van der Waals surface area contributed by atoms with Crippen LogP contribution in [0.1, 0.15) is 62.9 Å². The van der Waals surface area contributed by atoms with Crippen LogP contribution in [0.5, 0.6) is 0 Å². The zero-order valence-corrected chi connectivity index (χ0v) is 24.1. The zero-order valence-electron chi connectivity index (χ0n) is 22.5. The van der Waals surface area contributed by atoms with E-state index in [2.05, 4.69) is 23.1 Å². The minimum absolute atomic E-state index is 0.0582. The van der Waals surface area contributed by atoms with Gasteiger partial charge in [0.05, 0.1) is 11.7 Å². The van der Waals surface area contributed by atoms with Crippen LogP contribution in [0.25, 0.3) is 0 Å². The molecule has 1 unspecified atom stereocenters. The average Bonchev–Trinajstić information content (AvgIpc) is 3.05. The third kappa shape index (κ3) is 6.29. The minimum Gasteiger partial charge on any atom is -0.444 e. The van der Waals surface area contributed by atoms with Crippen molar-refractivity contribution in [1.82, 2.24) is 19.7 Å². The number of piperazine rings is 1. The molecule has 204 valence electrons. The Morgan fingerprint density at radius 2 is 1.79 bits per heavy atom. The number of carbonyl (C=O) groups excluding carboxylic acids is 2. The number of amides is 2. The van der Waals surface area contributed by atoms with Crippen molar-refractivity contribution in [2.24, 2.45) is 5.92 Å². The maximum atomic E-state index is 13.2. The number of hydrogen-bond donors (Lipinski definition) is 0. The fourth-order valence-electron chi connectivity index (χ4n) is 5.60. The molecule has 3 aliphatic rings. The van der Waals surface area contributed by atoms with Gasteiger partial charge in [-0.15, -0.1) is 11.8 Å². The summed E-state index contributed by atoms with van der Waals surface area (Å²) in [5.41, 5.74) is 3.12. The smallest absolute Gasteiger partial charge is 0.410 e. The van der Waals surface area contributed by atoms with Crippen molar-refractivity contribution in [3.05, 3.63) is 58.4 Å². The number of aromatic nitrogens is 1. The molecule has 7 nitrogen and oxygen atoms in total. The highest BCUT2D eigenvalue weighted by atomic mass is 35.5. The number of thioether (sulfide) groups is 1.